The summed E-state index contributed by atoms with van der Waals surface area (Å²) in [5, 5.41) is 13.8. The highest BCUT2D eigenvalue weighted by molar-refractivity contribution is 6.30. The first-order chi connectivity index (χ1) is 10.1. The molecule has 0 aromatic heterocycles. The Morgan fingerprint density at radius 2 is 1.95 bits per heavy atom. The smallest absolute Gasteiger partial charge is 0.119 e. The number of rotatable bonds is 7. The number of ether oxygens (including phenoxy) is 1. The van der Waals surface area contributed by atoms with Gasteiger partial charge in [-0.1, -0.05) is 41.4 Å². The molecule has 3 nitrogen and oxygen atoms in total. The fraction of sp³-hybridized carbons (Fsp3) is 0.294. The second-order valence-corrected chi connectivity index (χ2v) is 5.48. The first-order valence-electron chi connectivity index (χ1n) is 6.96. The molecule has 2 N–H and O–H groups in total. The van der Waals surface area contributed by atoms with Crippen LogP contribution in [-0.4, -0.2) is 24.4 Å². The van der Waals surface area contributed by atoms with Crippen molar-refractivity contribution in [3.05, 3.63) is 64.7 Å². The molecule has 0 heterocycles. The Bertz CT molecular complexity index is 557. The van der Waals surface area contributed by atoms with Crippen molar-refractivity contribution in [1.29, 1.82) is 0 Å². The third-order valence-electron chi connectivity index (χ3n) is 3.05. The molecular formula is C17H20ClNO2. The second-order valence-electron chi connectivity index (χ2n) is 5.04. The summed E-state index contributed by atoms with van der Waals surface area (Å²) in [7, 11) is 0. The number of nitrogens with one attached hydrogen (secondary N) is 1. The normalized spacial score (nSPS) is 12.1. The third kappa shape index (κ3) is 5.76. The molecule has 21 heavy (non-hydrogen) atoms. The number of aryl methyl sites for hydroxylation is 1. The Hall–Kier alpha value is -1.55. The van der Waals surface area contributed by atoms with Gasteiger partial charge in [0.1, 0.15) is 18.5 Å². The van der Waals surface area contributed by atoms with E-state index in [1.54, 1.807) is 24.3 Å². The predicted molar refractivity (Wildman–Crippen MR) is 85.8 cm³/mol. The molecule has 1 atom stereocenters. The van der Waals surface area contributed by atoms with Crippen LogP contribution in [0.1, 0.15) is 11.1 Å². The fourth-order valence-corrected chi connectivity index (χ4v) is 2.11. The molecular weight excluding hydrogens is 286 g/mol. The van der Waals surface area contributed by atoms with E-state index in [0.717, 1.165) is 6.54 Å². The second kappa shape index (κ2) is 8.03. The Morgan fingerprint density at radius 1 is 1.19 bits per heavy atom. The maximum atomic E-state index is 9.88. The summed E-state index contributed by atoms with van der Waals surface area (Å²) < 4.78 is 5.50. The molecule has 2 aromatic carbocycles. The zero-order valence-corrected chi connectivity index (χ0v) is 12.8. The molecule has 0 aliphatic carbocycles. The van der Waals surface area contributed by atoms with Gasteiger partial charge in [0, 0.05) is 18.1 Å². The van der Waals surface area contributed by atoms with Crippen molar-refractivity contribution >= 4 is 11.6 Å². The molecule has 0 saturated carbocycles. The van der Waals surface area contributed by atoms with E-state index >= 15 is 0 Å². The minimum Gasteiger partial charge on any atom is -0.491 e. The maximum Gasteiger partial charge on any atom is 0.119 e. The largest absolute Gasteiger partial charge is 0.491 e. The van der Waals surface area contributed by atoms with E-state index < -0.39 is 6.10 Å². The third-order valence-corrected chi connectivity index (χ3v) is 3.30. The maximum absolute atomic E-state index is 9.88. The van der Waals surface area contributed by atoms with Gasteiger partial charge in [0.2, 0.25) is 0 Å². The number of hydrogen-bond donors (Lipinski definition) is 2. The van der Waals surface area contributed by atoms with E-state index in [4.69, 9.17) is 16.3 Å². The van der Waals surface area contributed by atoms with E-state index in [1.807, 2.05) is 6.07 Å². The van der Waals surface area contributed by atoms with Crippen LogP contribution in [0.25, 0.3) is 0 Å². The lowest BCUT2D eigenvalue weighted by Gasteiger charge is -2.13. The quantitative estimate of drug-likeness (QED) is 0.825. The van der Waals surface area contributed by atoms with E-state index in [2.05, 4.69) is 30.4 Å². The van der Waals surface area contributed by atoms with Crippen molar-refractivity contribution in [3.8, 4) is 5.75 Å². The molecule has 0 aliphatic heterocycles. The van der Waals surface area contributed by atoms with Gasteiger partial charge in [-0.3, -0.25) is 0 Å². The summed E-state index contributed by atoms with van der Waals surface area (Å²) in [5.41, 5.74) is 2.45. The van der Waals surface area contributed by atoms with Crippen molar-refractivity contribution in [3.63, 3.8) is 0 Å². The summed E-state index contributed by atoms with van der Waals surface area (Å²) in [5.74, 6) is 0.706. The van der Waals surface area contributed by atoms with Crippen LogP contribution in [0.5, 0.6) is 5.75 Å². The van der Waals surface area contributed by atoms with Crippen LogP contribution < -0.4 is 10.1 Å². The van der Waals surface area contributed by atoms with Gasteiger partial charge in [0.15, 0.2) is 0 Å². The highest BCUT2D eigenvalue weighted by Crippen LogP contribution is 2.15. The lowest BCUT2D eigenvalue weighted by Crippen LogP contribution is -2.31. The van der Waals surface area contributed by atoms with Crippen LogP contribution in [0.15, 0.2) is 48.5 Å². The van der Waals surface area contributed by atoms with Gasteiger partial charge in [-0.2, -0.15) is 0 Å². The molecule has 2 aromatic rings. The van der Waals surface area contributed by atoms with Crippen LogP contribution in [0, 0.1) is 6.92 Å². The number of aliphatic hydroxyl groups is 1. The zero-order chi connectivity index (χ0) is 15.1. The molecule has 112 valence electrons. The first-order valence-corrected chi connectivity index (χ1v) is 7.34. The highest BCUT2D eigenvalue weighted by atomic mass is 35.5. The van der Waals surface area contributed by atoms with Gasteiger partial charge >= 0.3 is 0 Å². The van der Waals surface area contributed by atoms with Gasteiger partial charge in [0.05, 0.1) is 0 Å². The molecule has 0 radical (unpaired) electrons. The average molecular weight is 306 g/mol. The van der Waals surface area contributed by atoms with Gasteiger partial charge in [-0.15, -0.1) is 0 Å². The number of aliphatic hydroxyl groups excluding tert-OH is 1. The monoisotopic (exact) mass is 305 g/mol. The Labute approximate surface area is 130 Å². The van der Waals surface area contributed by atoms with Crippen LogP contribution in [0.3, 0.4) is 0 Å². The summed E-state index contributed by atoms with van der Waals surface area (Å²) in [6.07, 6.45) is -0.550. The van der Waals surface area contributed by atoms with Gasteiger partial charge in [-0.05, 0) is 36.8 Å². The lowest BCUT2D eigenvalue weighted by molar-refractivity contribution is 0.106. The van der Waals surface area contributed by atoms with Crippen LogP contribution in [0.4, 0.5) is 0 Å². The average Bonchev–Trinajstić information content (AvgIpc) is 2.47. The Morgan fingerprint density at radius 3 is 2.67 bits per heavy atom. The van der Waals surface area contributed by atoms with Crippen molar-refractivity contribution in [1.82, 2.24) is 5.32 Å². The summed E-state index contributed by atoms with van der Waals surface area (Å²) in [4.78, 5) is 0. The molecule has 4 heteroatoms. The summed E-state index contributed by atoms with van der Waals surface area (Å²) in [6, 6.07) is 15.4. The fourth-order valence-electron chi connectivity index (χ4n) is 1.99. The van der Waals surface area contributed by atoms with Crippen LogP contribution >= 0.6 is 11.6 Å². The van der Waals surface area contributed by atoms with Gasteiger partial charge < -0.3 is 15.2 Å². The first kappa shape index (κ1) is 15.8. The van der Waals surface area contributed by atoms with Crippen LogP contribution in [-0.2, 0) is 6.54 Å². The van der Waals surface area contributed by atoms with Crippen molar-refractivity contribution in [2.75, 3.05) is 13.2 Å². The number of halogens is 1. The minimum absolute atomic E-state index is 0.252. The topological polar surface area (TPSA) is 41.5 Å². The van der Waals surface area contributed by atoms with E-state index in [1.165, 1.54) is 11.1 Å². The molecule has 0 saturated heterocycles. The molecule has 1 unspecified atom stereocenters. The molecule has 0 aliphatic rings. The van der Waals surface area contributed by atoms with Crippen LogP contribution in [0.2, 0.25) is 5.02 Å². The molecule has 0 bridgehead atoms. The molecule has 2 rings (SSSR count). The molecule has 0 amide bonds. The van der Waals surface area contributed by atoms with E-state index in [9.17, 15) is 5.11 Å². The standard InChI is InChI=1S/C17H20ClNO2/c1-13-3-2-4-14(9-13)10-19-11-16(20)12-21-17-7-5-15(18)6-8-17/h2-9,16,19-20H,10-12H2,1H3. The van der Waals surface area contributed by atoms with Gasteiger partial charge in [-0.25, -0.2) is 0 Å². The van der Waals surface area contributed by atoms with Crippen molar-refractivity contribution < 1.29 is 9.84 Å². The number of benzene rings is 2. The summed E-state index contributed by atoms with van der Waals surface area (Å²) >= 11 is 5.80. The summed E-state index contributed by atoms with van der Waals surface area (Å²) in [6.45, 7) is 3.54. The van der Waals surface area contributed by atoms with E-state index in [-0.39, 0.29) is 6.61 Å². The Kier molecular flexibility index (Phi) is 6.05. The van der Waals surface area contributed by atoms with Crippen molar-refractivity contribution in [2.45, 2.75) is 19.6 Å². The molecule has 0 spiro atoms. The SMILES string of the molecule is Cc1cccc(CNCC(O)COc2ccc(Cl)cc2)c1. The lowest BCUT2D eigenvalue weighted by atomic mass is 10.1. The minimum atomic E-state index is -0.550. The number of hydrogen-bond acceptors (Lipinski definition) is 3. The zero-order valence-electron chi connectivity index (χ0n) is 12.1. The van der Waals surface area contributed by atoms with E-state index in [0.29, 0.717) is 17.3 Å². The van der Waals surface area contributed by atoms with Gasteiger partial charge in [0.25, 0.3) is 0 Å². The predicted octanol–water partition coefficient (Wildman–Crippen LogP) is 3.18. The highest BCUT2D eigenvalue weighted by Gasteiger charge is 2.05. The van der Waals surface area contributed by atoms with Crippen molar-refractivity contribution in [2.24, 2.45) is 0 Å². The molecule has 0 fully saturated rings. The Balaban J connectivity index is 1.67.